The summed E-state index contributed by atoms with van der Waals surface area (Å²) in [6.45, 7) is 28.2. The van der Waals surface area contributed by atoms with E-state index in [-0.39, 0.29) is 27.7 Å². The first-order valence-corrected chi connectivity index (χ1v) is 13.6. The Balaban J connectivity index is 2.24. The Morgan fingerprint density at radius 2 is 0.972 bits per heavy atom. The minimum atomic E-state index is 0.0870. The third kappa shape index (κ3) is 8.62. The zero-order valence-electron chi connectivity index (χ0n) is 25.2. The lowest BCUT2D eigenvalue weighted by atomic mass is 9.80. The van der Waals surface area contributed by atoms with Crippen molar-refractivity contribution < 1.29 is 0 Å². The van der Waals surface area contributed by atoms with Crippen molar-refractivity contribution in [2.45, 2.75) is 124 Å². The molecule has 1 atom stereocenters. The zero-order chi connectivity index (χ0) is 27.5. The van der Waals surface area contributed by atoms with E-state index in [0.717, 1.165) is 18.7 Å². The van der Waals surface area contributed by atoms with E-state index in [1.54, 1.807) is 0 Å². The van der Waals surface area contributed by atoms with E-state index in [2.05, 4.69) is 136 Å². The van der Waals surface area contributed by atoms with Crippen LogP contribution < -0.4 is 10.6 Å². The van der Waals surface area contributed by atoms with Gasteiger partial charge < -0.3 is 10.6 Å². The summed E-state index contributed by atoms with van der Waals surface area (Å²) in [7, 11) is 0. The van der Waals surface area contributed by atoms with Crippen LogP contribution in [0.25, 0.3) is 0 Å². The van der Waals surface area contributed by atoms with Crippen LogP contribution in [0.2, 0.25) is 0 Å². The van der Waals surface area contributed by atoms with E-state index in [4.69, 9.17) is 6.42 Å². The number of terminal acetylenes is 1. The smallest absolute Gasteiger partial charge is 0.0387 e. The first-order chi connectivity index (χ1) is 16.3. The molecule has 0 heterocycles. The van der Waals surface area contributed by atoms with Gasteiger partial charge in [0.25, 0.3) is 0 Å². The number of nitrogens with one attached hydrogen (secondary N) is 2. The van der Waals surface area contributed by atoms with E-state index in [1.807, 2.05) is 0 Å². The van der Waals surface area contributed by atoms with Crippen molar-refractivity contribution in [3.05, 3.63) is 58.7 Å². The van der Waals surface area contributed by atoms with E-state index in [1.165, 1.54) is 27.9 Å². The number of benzene rings is 2. The molecule has 0 amide bonds. The number of anilines is 2. The largest absolute Gasteiger partial charge is 0.385 e. The standard InChI is InChI=1S/C34H52N2/c1-14-15-28(36-30-22-26(33(8,9)10)19-27(23-30)34(11,12)13)16-17-35-29-20-24(31(2,3)4)18-25(21-29)32(5,6)7/h1,18-23,28,35-36H,15-17H2,2-13H3. The molecule has 198 valence electrons. The summed E-state index contributed by atoms with van der Waals surface area (Å²) in [6, 6.07) is 14.1. The molecule has 36 heavy (non-hydrogen) atoms. The van der Waals surface area contributed by atoms with Crippen LogP contribution in [0.15, 0.2) is 36.4 Å². The summed E-state index contributed by atoms with van der Waals surface area (Å²) in [5, 5.41) is 7.49. The lowest BCUT2D eigenvalue weighted by Gasteiger charge is -2.28. The second kappa shape index (κ2) is 10.9. The summed E-state index contributed by atoms with van der Waals surface area (Å²) in [4.78, 5) is 0. The van der Waals surface area contributed by atoms with E-state index >= 15 is 0 Å². The van der Waals surface area contributed by atoms with E-state index in [0.29, 0.717) is 6.42 Å². The van der Waals surface area contributed by atoms with Gasteiger partial charge in [-0.05, 0) is 74.6 Å². The zero-order valence-corrected chi connectivity index (χ0v) is 25.2. The van der Waals surface area contributed by atoms with Gasteiger partial charge in [-0.3, -0.25) is 0 Å². The second-order valence-electron chi connectivity index (χ2n) is 14.6. The highest BCUT2D eigenvalue weighted by atomic mass is 14.9. The van der Waals surface area contributed by atoms with Gasteiger partial charge in [-0.15, -0.1) is 12.3 Å². The molecule has 0 saturated carbocycles. The third-order valence-corrected chi connectivity index (χ3v) is 6.89. The van der Waals surface area contributed by atoms with Gasteiger partial charge in [0.1, 0.15) is 0 Å². The minimum absolute atomic E-state index is 0.0870. The molecule has 2 heteroatoms. The predicted molar refractivity (Wildman–Crippen MR) is 162 cm³/mol. The molecule has 0 fully saturated rings. The average Bonchev–Trinajstić information content (AvgIpc) is 2.71. The van der Waals surface area contributed by atoms with Crippen LogP contribution in [0.5, 0.6) is 0 Å². The van der Waals surface area contributed by atoms with Crippen LogP contribution in [-0.4, -0.2) is 12.6 Å². The predicted octanol–water partition coefficient (Wildman–Crippen LogP) is 9.18. The van der Waals surface area contributed by atoms with Crippen LogP contribution in [0.1, 0.15) is 118 Å². The molecule has 0 saturated heterocycles. The van der Waals surface area contributed by atoms with Gasteiger partial charge in [0, 0.05) is 30.4 Å². The molecule has 2 nitrogen and oxygen atoms in total. The molecule has 0 aromatic heterocycles. The molecule has 1 unspecified atom stereocenters. The molecular formula is C34H52N2. The highest BCUT2D eigenvalue weighted by Gasteiger charge is 2.22. The van der Waals surface area contributed by atoms with Crippen molar-refractivity contribution in [2.24, 2.45) is 0 Å². The van der Waals surface area contributed by atoms with Gasteiger partial charge in [-0.25, -0.2) is 0 Å². The van der Waals surface area contributed by atoms with Crippen LogP contribution in [0, 0.1) is 12.3 Å². The van der Waals surface area contributed by atoms with E-state index in [9.17, 15) is 0 Å². The fourth-order valence-corrected chi connectivity index (χ4v) is 4.17. The Kier molecular flexibility index (Phi) is 9.05. The summed E-state index contributed by atoms with van der Waals surface area (Å²) >= 11 is 0. The topological polar surface area (TPSA) is 24.1 Å². The fraction of sp³-hybridized carbons (Fsp3) is 0.588. The Morgan fingerprint density at radius 3 is 1.31 bits per heavy atom. The summed E-state index contributed by atoms with van der Waals surface area (Å²) in [5.41, 5.74) is 8.17. The van der Waals surface area contributed by atoms with Gasteiger partial charge in [0.15, 0.2) is 0 Å². The molecule has 0 aliphatic carbocycles. The highest BCUT2D eigenvalue weighted by molar-refractivity contribution is 5.54. The van der Waals surface area contributed by atoms with Crippen molar-refractivity contribution in [1.82, 2.24) is 0 Å². The first-order valence-electron chi connectivity index (χ1n) is 13.6. The van der Waals surface area contributed by atoms with Crippen LogP contribution >= 0.6 is 0 Å². The van der Waals surface area contributed by atoms with Crippen molar-refractivity contribution in [3.8, 4) is 12.3 Å². The van der Waals surface area contributed by atoms with Gasteiger partial charge in [-0.1, -0.05) is 95.2 Å². The fourth-order valence-electron chi connectivity index (χ4n) is 4.17. The molecule has 0 bridgehead atoms. The average molecular weight is 489 g/mol. The molecular weight excluding hydrogens is 436 g/mol. The van der Waals surface area contributed by atoms with Gasteiger partial charge in [0.2, 0.25) is 0 Å². The van der Waals surface area contributed by atoms with Crippen molar-refractivity contribution >= 4 is 11.4 Å². The third-order valence-electron chi connectivity index (χ3n) is 6.89. The molecule has 2 aromatic rings. The molecule has 0 spiro atoms. The molecule has 0 aliphatic heterocycles. The van der Waals surface area contributed by atoms with Crippen LogP contribution in [0.3, 0.4) is 0 Å². The maximum Gasteiger partial charge on any atom is 0.0387 e. The Labute approximate surface area is 223 Å². The van der Waals surface area contributed by atoms with Gasteiger partial charge in [-0.2, -0.15) is 0 Å². The Hall–Kier alpha value is -2.40. The lowest BCUT2D eigenvalue weighted by Crippen LogP contribution is -2.24. The van der Waals surface area contributed by atoms with Crippen LogP contribution in [-0.2, 0) is 21.7 Å². The quantitative estimate of drug-likeness (QED) is 0.380. The molecule has 2 N–H and O–H groups in total. The van der Waals surface area contributed by atoms with Gasteiger partial charge in [0.05, 0.1) is 0 Å². The number of hydrogen-bond acceptors (Lipinski definition) is 2. The molecule has 0 radical (unpaired) electrons. The SMILES string of the molecule is C#CCC(CCNc1cc(C(C)(C)C)cc(C(C)(C)C)c1)Nc1cc(C(C)(C)C)cc(C(C)(C)C)c1. The van der Waals surface area contributed by atoms with Crippen molar-refractivity contribution in [2.75, 3.05) is 17.2 Å². The van der Waals surface area contributed by atoms with Gasteiger partial charge >= 0.3 is 0 Å². The summed E-state index contributed by atoms with van der Waals surface area (Å²) in [5.74, 6) is 2.89. The summed E-state index contributed by atoms with van der Waals surface area (Å²) in [6.07, 6.45) is 7.43. The Morgan fingerprint density at radius 1 is 0.611 bits per heavy atom. The molecule has 0 aliphatic rings. The Bertz CT molecular complexity index is 992. The first kappa shape index (κ1) is 29.8. The van der Waals surface area contributed by atoms with Crippen molar-refractivity contribution in [1.29, 1.82) is 0 Å². The van der Waals surface area contributed by atoms with Crippen molar-refractivity contribution in [3.63, 3.8) is 0 Å². The number of rotatable bonds is 7. The lowest BCUT2D eigenvalue weighted by molar-refractivity contribution is 0.568. The van der Waals surface area contributed by atoms with Crippen LogP contribution in [0.4, 0.5) is 11.4 Å². The normalized spacial score (nSPS) is 13.8. The maximum atomic E-state index is 5.79. The van der Waals surface area contributed by atoms with E-state index < -0.39 is 0 Å². The molecule has 2 aromatic carbocycles. The monoisotopic (exact) mass is 488 g/mol. The minimum Gasteiger partial charge on any atom is -0.385 e. The second-order valence-corrected chi connectivity index (χ2v) is 14.6. The highest BCUT2D eigenvalue weighted by Crippen LogP contribution is 2.34. The molecule has 2 rings (SSSR count). The number of hydrogen-bond donors (Lipinski definition) is 2. The summed E-state index contributed by atoms with van der Waals surface area (Å²) < 4.78 is 0. The maximum absolute atomic E-state index is 5.79.